The predicted octanol–water partition coefficient (Wildman–Crippen LogP) is 2.92. The van der Waals surface area contributed by atoms with E-state index in [1.165, 1.54) is 39.9 Å². The summed E-state index contributed by atoms with van der Waals surface area (Å²) in [7, 11) is -2.03. The molecular weight excluding hydrogens is 414 g/mol. The number of ether oxygens (including phenoxy) is 1. The van der Waals surface area contributed by atoms with E-state index in [0.29, 0.717) is 29.5 Å². The summed E-state index contributed by atoms with van der Waals surface area (Å²) in [4.78, 5) is 28.2. The van der Waals surface area contributed by atoms with Crippen molar-refractivity contribution in [3.63, 3.8) is 0 Å². The molecule has 1 amide bonds. The van der Waals surface area contributed by atoms with Gasteiger partial charge in [0.2, 0.25) is 10.0 Å². The quantitative estimate of drug-likeness (QED) is 0.571. The van der Waals surface area contributed by atoms with Gasteiger partial charge in [-0.05, 0) is 37.6 Å². The van der Waals surface area contributed by atoms with Gasteiger partial charge < -0.3 is 4.74 Å². The van der Waals surface area contributed by atoms with Gasteiger partial charge in [0.15, 0.2) is 5.13 Å². The number of nitrogens with one attached hydrogen (secondary N) is 1. The van der Waals surface area contributed by atoms with Crippen LogP contribution in [0, 0.1) is 0 Å². The number of rotatable bonds is 10. The van der Waals surface area contributed by atoms with Crippen LogP contribution in [0.5, 0.6) is 0 Å². The first-order valence-corrected chi connectivity index (χ1v) is 11.6. The Morgan fingerprint density at radius 3 is 2.52 bits per heavy atom. The Labute approximate surface area is 175 Å². The number of thiazole rings is 1. The molecule has 0 unspecified atom stereocenters. The van der Waals surface area contributed by atoms with Gasteiger partial charge in [0.1, 0.15) is 0 Å². The summed E-state index contributed by atoms with van der Waals surface area (Å²) in [6.07, 6.45) is 1.72. The second-order valence-corrected chi connectivity index (χ2v) is 9.19. The number of aromatic nitrogens is 1. The van der Waals surface area contributed by atoms with Crippen LogP contribution in [0.25, 0.3) is 0 Å². The molecule has 0 saturated heterocycles. The smallest absolute Gasteiger partial charge is 0.311 e. The number of esters is 1. The van der Waals surface area contributed by atoms with Crippen LogP contribution in [0.3, 0.4) is 0 Å². The molecular formula is C19H25N3O5S2. The van der Waals surface area contributed by atoms with Gasteiger partial charge in [-0.25, -0.2) is 17.7 Å². The highest BCUT2D eigenvalue weighted by Crippen LogP contribution is 2.19. The second-order valence-electron chi connectivity index (χ2n) is 6.28. The highest BCUT2D eigenvalue weighted by molar-refractivity contribution is 7.89. The molecule has 29 heavy (non-hydrogen) atoms. The molecule has 2 rings (SSSR count). The number of benzene rings is 1. The van der Waals surface area contributed by atoms with Crippen LogP contribution in [0.1, 0.15) is 42.7 Å². The van der Waals surface area contributed by atoms with Crippen LogP contribution in [-0.2, 0) is 26.0 Å². The van der Waals surface area contributed by atoms with E-state index in [4.69, 9.17) is 4.74 Å². The molecule has 1 aromatic heterocycles. The Balaban J connectivity index is 2.02. The first-order valence-electron chi connectivity index (χ1n) is 9.25. The first kappa shape index (κ1) is 23.0. The summed E-state index contributed by atoms with van der Waals surface area (Å²) in [5, 5.41) is 4.68. The standard InChI is InChI=1S/C19H25N3O5S2/c1-4-6-11-22(3)29(25,26)16-9-7-14(8-10-16)18(24)21-19-20-15(13-28-19)12-17(23)27-5-2/h7-10,13H,4-6,11-12H2,1-3H3,(H,20,21,24). The van der Waals surface area contributed by atoms with Crippen molar-refractivity contribution in [1.29, 1.82) is 0 Å². The van der Waals surface area contributed by atoms with Gasteiger partial charge in [-0.15, -0.1) is 11.3 Å². The van der Waals surface area contributed by atoms with Crippen LogP contribution < -0.4 is 5.32 Å². The Kier molecular flexibility index (Phi) is 8.30. The Hall–Kier alpha value is -2.30. The van der Waals surface area contributed by atoms with Crippen molar-refractivity contribution in [2.45, 2.75) is 38.0 Å². The third-order valence-electron chi connectivity index (χ3n) is 4.05. The van der Waals surface area contributed by atoms with E-state index in [1.807, 2.05) is 6.92 Å². The van der Waals surface area contributed by atoms with Gasteiger partial charge in [-0.2, -0.15) is 0 Å². The molecule has 1 N–H and O–H groups in total. The van der Waals surface area contributed by atoms with Crippen LogP contribution in [-0.4, -0.2) is 49.8 Å². The molecule has 8 nitrogen and oxygen atoms in total. The summed E-state index contributed by atoms with van der Waals surface area (Å²) in [5.41, 5.74) is 0.822. The Morgan fingerprint density at radius 1 is 1.21 bits per heavy atom. The minimum absolute atomic E-state index is 0.0400. The number of anilines is 1. The van der Waals surface area contributed by atoms with Crippen molar-refractivity contribution in [2.75, 3.05) is 25.5 Å². The van der Waals surface area contributed by atoms with E-state index >= 15 is 0 Å². The Bertz CT molecular complexity index is 939. The lowest BCUT2D eigenvalue weighted by atomic mass is 10.2. The van der Waals surface area contributed by atoms with E-state index in [2.05, 4.69) is 10.3 Å². The maximum atomic E-state index is 12.5. The fourth-order valence-electron chi connectivity index (χ4n) is 2.43. The van der Waals surface area contributed by atoms with Gasteiger partial charge in [0, 0.05) is 24.5 Å². The average molecular weight is 440 g/mol. The normalized spacial score (nSPS) is 11.4. The van der Waals surface area contributed by atoms with E-state index in [1.54, 1.807) is 19.4 Å². The molecule has 0 saturated carbocycles. The number of nitrogens with zero attached hydrogens (tertiary/aromatic N) is 2. The number of carbonyl (C=O) groups excluding carboxylic acids is 2. The Morgan fingerprint density at radius 2 is 1.90 bits per heavy atom. The van der Waals surface area contributed by atoms with Crippen LogP contribution in [0.15, 0.2) is 34.5 Å². The fourth-order valence-corrected chi connectivity index (χ4v) is 4.35. The summed E-state index contributed by atoms with van der Waals surface area (Å²) in [6, 6.07) is 5.76. The van der Waals surface area contributed by atoms with Crippen LogP contribution in [0.4, 0.5) is 5.13 Å². The van der Waals surface area contributed by atoms with Gasteiger partial charge in [0.05, 0.1) is 23.6 Å². The van der Waals surface area contributed by atoms with Crippen molar-refractivity contribution in [3.8, 4) is 0 Å². The number of hydrogen-bond acceptors (Lipinski definition) is 7. The molecule has 0 aliphatic rings. The molecule has 0 bridgehead atoms. The zero-order valence-corrected chi connectivity index (χ0v) is 18.3. The van der Waals surface area contributed by atoms with E-state index < -0.39 is 15.9 Å². The summed E-state index contributed by atoms with van der Waals surface area (Å²) < 4.78 is 31.2. The van der Waals surface area contributed by atoms with Crippen molar-refractivity contribution < 1.29 is 22.7 Å². The summed E-state index contributed by atoms with van der Waals surface area (Å²) >= 11 is 1.20. The SMILES string of the molecule is CCCCN(C)S(=O)(=O)c1ccc(C(=O)Nc2nc(CC(=O)OCC)cs2)cc1. The highest BCUT2D eigenvalue weighted by Gasteiger charge is 2.20. The van der Waals surface area contributed by atoms with Crippen molar-refractivity contribution in [2.24, 2.45) is 0 Å². The molecule has 2 aromatic rings. The molecule has 10 heteroatoms. The van der Waals surface area contributed by atoms with Gasteiger partial charge in [-0.1, -0.05) is 13.3 Å². The van der Waals surface area contributed by atoms with E-state index in [-0.39, 0.29) is 17.3 Å². The minimum Gasteiger partial charge on any atom is -0.466 e. The third-order valence-corrected chi connectivity index (χ3v) is 6.73. The predicted molar refractivity (Wildman–Crippen MR) is 112 cm³/mol. The van der Waals surface area contributed by atoms with E-state index in [9.17, 15) is 18.0 Å². The second kappa shape index (κ2) is 10.5. The third kappa shape index (κ3) is 6.34. The van der Waals surface area contributed by atoms with Crippen molar-refractivity contribution >= 4 is 38.4 Å². The van der Waals surface area contributed by atoms with Crippen LogP contribution >= 0.6 is 11.3 Å². The fraction of sp³-hybridized carbons (Fsp3) is 0.421. The molecule has 158 valence electrons. The zero-order valence-electron chi connectivity index (χ0n) is 16.7. The molecule has 0 aliphatic carbocycles. The molecule has 0 atom stereocenters. The van der Waals surface area contributed by atoms with Crippen LogP contribution in [0.2, 0.25) is 0 Å². The molecule has 0 radical (unpaired) electrons. The molecule has 0 fully saturated rings. The first-order chi connectivity index (χ1) is 13.8. The number of amides is 1. The summed E-state index contributed by atoms with van der Waals surface area (Å²) in [6.45, 7) is 4.46. The minimum atomic E-state index is -3.58. The van der Waals surface area contributed by atoms with Crippen molar-refractivity contribution in [1.82, 2.24) is 9.29 Å². The maximum Gasteiger partial charge on any atom is 0.311 e. The maximum absolute atomic E-state index is 12.5. The van der Waals surface area contributed by atoms with Gasteiger partial charge in [0.25, 0.3) is 5.91 Å². The van der Waals surface area contributed by atoms with Gasteiger partial charge >= 0.3 is 5.97 Å². The number of hydrogen-bond donors (Lipinski definition) is 1. The highest BCUT2D eigenvalue weighted by atomic mass is 32.2. The number of unbranched alkanes of at least 4 members (excludes halogenated alkanes) is 1. The average Bonchev–Trinajstić information content (AvgIpc) is 3.12. The molecule has 0 aliphatic heterocycles. The summed E-state index contributed by atoms with van der Waals surface area (Å²) in [5.74, 6) is -0.790. The molecule has 1 heterocycles. The largest absolute Gasteiger partial charge is 0.466 e. The topological polar surface area (TPSA) is 106 Å². The lowest BCUT2D eigenvalue weighted by molar-refractivity contribution is -0.142. The lowest BCUT2D eigenvalue weighted by Gasteiger charge is -2.16. The van der Waals surface area contributed by atoms with Gasteiger partial charge in [-0.3, -0.25) is 14.9 Å². The van der Waals surface area contributed by atoms with E-state index in [0.717, 1.165) is 12.8 Å². The monoisotopic (exact) mass is 439 g/mol. The zero-order chi connectivity index (χ0) is 21.4. The molecule has 0 spiro atoms. The lowest BCUT2D eigenvalue weighted by Crippen LogP contribution is -2.28. The number of sulfonamides is 1. The number of carbonyl (C=O) groups is 2. The molecule has 1 aromatic carbocycles. The van der Waals surface area contributed by atoms with Crippen molar-refractivity contribution in [3.05, 3.63) is 40.9 Å².